The Kier molecular flexibility index (Phi) is 5.31. The van der Waals surface area contributed by atoms with Crippen LogP contribution in [0.3, 0.4) is 0 Å². The first-order chi connectivity index (χ1) is 14.1. The number of aryl methyl sites for hydroxylation is 1. The van der Waals surface area contributed by atoms with Crippen molar-refractivity contribution >= 4 is 11.9 Å². The average molecular weight is 428 g/mol. The molecule has 164 valence electrons. The van der Waals surface area contributed by atoms with Crippen molar-refractivity contribution in [2.24, 2.45) is 0 Å². The summed E-state index contributed by atoms with van der Waals surface area (Å²) in [6.07, 6.45) is -0.124. The minimum absolute atomic E-state index is 0.0528. The Hall–Kier alpha value is -2.46. The van der Waals surface area contributed by atoms with E-state index in [1.54, 1.807) is 13.0 Å². The first kappa shape index (κ1) is 20.8. The summed E-state index contributed by atoms with van der Waals surface area (Å²) in [5, 5.41) is 3.89. The van der Waals surface area contributed by atoms with E-state index in [0.717, 1.165) is 0 Å². The minimum Gasteiger partial charge on any atom is -0.368 e. The third-order valence-electron chi connectivity index (χ3n) is 5.89. The molecule has 0 bridgehead atoms. The van der Waals surface area contributed by atoms with Crippen molar-refractivity contribution in [3.63, 3.8) is 0 Å². The summed E-state index contributed by atoms with van der Waals surface area (Å²) in [6.45, 7) is 1.72. The largest absolute Gasteiger partial charge is 0.368 e. The Balaban J connectivity index is 1.68. The molecule has 0 saturated heterocycles. The molecule has 0 aliphatic heterocycles. The van der Waals surface area contributed by atoms with Gasteiger partial charge in [-0.15, -0.1) is 0 Å². The second-order valence-electron chi connectivity index (χ2n) is 8.22. The number of anilines is 2. The molecule has 2 aliphatic carbocycles. The van der Waals surface area contributed by atoms with Crippen molar-refractivity contribution in [1.82, 2.24) is 20.1 Å². The summed E-state index contributed by atoms with van der Waals surface area (Å²) < 4.78 is 60.0. The molecule has 30 heavy (non-hydrogen) atoms. The highest BCUT2D eigenvalue weighted by Crippen LogP contribution is 2.41. The van der Waals surface area contributed by atoms with Crippen LogP contribution in [0.25, 0.3) is 11.5 Å². The third-order valence-corrected chi connectivity index (χ3v) is 5.89. The Labute approximate surface area is 171 Å². The maximum Gasteiger partial charge on any atom is 0.248 e. The summed E-state index contributed by atoms with van der Waals surface area (Å²) in [5.74, 6) is -4.49. The second-order valence-corrected chi connectivity index (χ2v) is 8.22. The van der Waals surface area contributed by atoms with Gasteiger partial charge < -0.3 is 15.2 Å². The van der Waals surface area contributed by atoms with Gasteiger partial charge in [0.25, 0.3) is 0 Å². The van der Waals surface area contributed by atoms with E-state index < -0.39 is 11.8 Å². The van der Waals surface area contributed by atoms with Crippen molar-refractivity contribution in [1.29, 1.82) is 0 Å². The van der Waals surface area contributed by atoms with E-state index in [-0.39, 0.29) is 81.2 Å². The topological polar surface area (TPSA) is 94.0 Å². The standard InChI is InChI=1S/C19H24F4N6O/c1-11-10-14(28-30-11)15-25-16(24)27-17(26-15)29(12-2-6-18(20,21)7-3-12)13-4-8-19(22,23)9-5-13/h10,12-13H,2-9H2,1H3,(H2,24,25,26,27). The van der Waals surface area contributed by atoms with Crippen molar-refractivity contribution in [2.75, 3.05) is 10.6 Å². The lowest BCUT2D eigenvalue weighted by Gasteiger charge is -2.43. The average Bonchev–Trinajstić information content (AvgIpc) is 3.10. The number of nitrogens with two attached hydrogens (primary N) is 1. The van der Waals surface area contributed by atoms with E-state index in [9.17, 15) is 17.6 Å². The molecule has 0 amide bonds. The SMILES string of the molecule is Cc1cc(-c2nc(N)nc(N(C3CCC(F)(F)CC3)C3CCC(F)(F)CC3)n2)no1. The highest BCUT2D eigenvalue weighted by molar-refractivity contribution is 5.53. The molecule has 2 heterocycles. The molecule has 0 radical (unpaired) electrons. The zero-order valence-corrected chi connectivity index (χ0v) is 16.6. The van der Waals surface area contributed by atoms with Crippen LogP contribution in [0.5, 0.6) is 0 Å². The predicted molar refractivity (Wildman–Crippen MR) is 101 cm³/mol. The van der Waals surface area contributed by atoms with Crippen LogP contribution in [-0.4, -0.2) is 44.0 Å². The predicted octanol–water partition coefficient (Wildman–Crippen LogP) is 4.38. The number of aromatic nitrogens is 4. The van der Waals surface area contributed by atoms with Gasteiger partial charge in [-0.1, -0.05) is 5.16 Å². The van der Waals surface area contributed by atoms with Gasteiger partial charge in [0, 0.05) is 43.8 Å². The van der Waals surface area contributed by atoms with E-state index in [0.29, 0.717) is 11.5 Å². The Morgan fingerprint density at radius 1 is 0.933 bits per heavy atom. The molecule has 2 aromatic rings. The molecule has 7 nitrogen and oxygen atoms in total. The summed E-state index contributed by atoms with van der Waals surface area (Å²) in [5.41, 5.74) is 6.27. The van der Waals surface area contributed by atoms with Crippen LogP contribution < -0.4 is 10.6 Å². The zero-order valence-electron chi connectivity index (χ0n) is 16.6. The van der Waals surface area contributed by atoms with E-state index in [1.165, 1.54) is 0 Å². The molecule has 0 atom stereocenters. The molecule has 11 heteroatoms. The number of nitrogen functional groups attached to an aromatic ring is 1. The van der Waals surface area contributed by atoms with Crippen LogP contribution in [0.2, 0.25) is 0 Å². The molecule has 2 aromatic heterocycles. The Morgan fingerprint density at radius 2 is 1.47 bits per heavy atom. The first-order valence-corrected chi connectivity index (χ1v) is 10.1. The van der Waals surface area contributed by atoms with Crippen molar-refractivity contribution < 1.29 is 22.1 Å². The molecule has 0 unspecified atom stereocenters. The van der Waals surface area contributed by atoms with Crippen LogP contribution in [0.15, 0.2) is 10.6 Å². The molecule has 2 N–H and O–H groups in total. The number of hydrogen-bond donors (Lipinski definition) is 1. The molecule has 2 aliphatic rings. The second kappa shape index (κ2) is 7.66. The summed E-state index contributed by atoms with van der Waals surface area (Å²) in [6, 6.07) is 1.08. The van der Waals surface area contributed by atoms with Crippen molar-refractivity contribution in [3.05, 3.63) is 11.8 Å². The van der Waals surface area contributed by atoms with E-state index in [1.807, 2.05) is 4.90 Å². The van der Waals surface area contributed by atoms with Gasteiger partial charge in [0.15, 0.2) is 11.5 Å². The maximum atomic E-state index is 13.7. The Morgan fingerprint density at radius 3 is 1.93 bits per heavy atom. The summed E-state index contributed by atoms with van der Waals surface area (Å²) in [4.78, 5) is 14.6. The fourth-order valence-corrected chi connectivity index (χ4v) is 4.31. The quantitative estimate of drug-likeness (QED) is 0.722. The number of alkyl halides is 4. The van der Waals surface area contributed by atoms with Gasteiger partial charge in [-0.2, -0.15) is 15.0 Å². The van der Waals surface area contributed by atoms with E-state index in [4.69, 9.17) is 10.3 Å². The monoisotopic (exact) mass is 428 g/mol. The molecular formula is C19H24F4N6O. The number of hydrogen-bond acceptors (Lipinski definition) is 7. The van der Waals surface area contributed by atoms with Crippen LogP contribution in [-0.2, 0) is 0 Å². The lowest BCUT2D eigenvalue weighted by atomic mass is 9.86. The van der Waals surface area contributed by atoms with Gasteiger partial charge in [-0.25, -0.2) is 17.6 Å². The fraction of sp³-hybridized carbons (Fsp3) is 0.684. The lowest BCUT2D eigenvalue weighted by molar-refractivity contribution is -0.0459. The first-order valence-electron chi connectivity index (χ1n) is 10.1. The van der Waals surface area contributed by atoms with Crippen molar-refractivity contribution in [2.45, 2.75) is 82.2 Å². The van der Waals surface area contributed by atoms with Gasteiger partial charge in [-0.05, 0) is 32.6 Å². The Bertz CT molecular complexity index is 857. The maximum absolute atomic E-state index is 13.7. The zero-order chi connectivity index (χ0) is 21.5. The molecule has 2 fully saturated rings. The number of rotatable bonds is 4. The summed E-state index contributed by atoms with van der Waals surface area (Å²) in [7, 11) is 0. The highest BCUT2D eigenvalue weighted by atomic mass is 19.3. The van der Waals surface area contributed by atoms with Crippen LogP contribution in [0.1, 0.15) is 57.1 Å². The van der Waals surface area contributed by atoms with Crippen molar-refractivity contribution in [3.8, 4) is 11.5 Å². The fourth-order valence-electron chi connectivity index (χ4n) is 4.31. The molecule has 2 saturated carbocycles. The third kappa shape index (κ3) is 4.49. The van der Waals surface area contributed by atoms with Gasteiger partial charge in [-0.3, -0.25) is 0 Å². The number of halogens is 4. The van der Waals surface area contributed by atoms with E-state index in [2.05, 4.69) is 20.1 Å². The minimum atomic E-state index is -2.71. The molecular weight excluding hydrogens is 404 g/mol. The van der Waals surface area contributed by atoms with Crippen LogP contribution >= 0.6 is 0 Å². The van der Waals surface area contributed by atoms with Gasteiger partial charge >= 0.3 is 0 Å². The van der Waals surface area contributed by atoms with E-state index >= 15 is 0 Å². The lowest BCUT2D eigenvalue weighted by Crippen LogP contribution is -2.50. The van der Waals surface area contributed by atoms with Crippen LogP contribution in [0.4, 0.5) is 29.5 Å². The van der Waals surface area contributed by atoms with Gasteiger partial charge in [0.1, 0.15) is 5.76 Å². The van der Waals surface area contributed by atoms with Gasteiger partial charge in [0.2, 0.25) is 23.7 Å². The van der Waals surface area contributed by atoms with Gasteiger partial charge in [0.05, 0.1) is 0 Å². The summed E-state index contributed by atoms with van der Waals surface area (Å²) >= 11 is 0. The molecule has 0 aromatic carbocycles. The van der Waals surface area contributed by atoms with Crippen LogP contribution in [0, 0.1) is 6.92 Å². The molecule has 0 spiro atoms. The molecule has 4 rings (SSSR count). The normalized spacial score (nSPS) is 22.2. The smallest absolute Gasteiger partial charge is 0.248 e. The number of nitrogens with zero attached hydrogens (tertiary/aromatic N) is 5. The highest BCUT2D eigenvalue weighted by Gasteiger charge is 2.43.